The number of imidazole rings is 2. The number of hydrogen-bond donors (Lipinski definition) is 3. The molecule has 0 aliphatic heterocycles. The lowest BCUT2D eigenvalue weighted by atomic mass is 10.6. The molecule has 100 valence electrons. The van der Waals surface area contributed by atoms with Crippen molar-refractivity contribution in [1.82, 2.24) is 39.9 Å². The maximum atomic E-state index is 5.68. The summed E-state index contributed by atoms with van der Waals surface area (Å²) in [5.74, 6) is 0. The molecular weight excluding hydrogens is 300 g/mol. The van der Waals surface area contributed by atoms with Gasteiger partial charge in [0.2, 0.25) is 0 Å². The average Bonchev–Trinajstić information content (AvgIpc) is 3.08. The van der Waals surface area contributed by atoms with Crippen LogP contribution in [0.25, 0.3) is 22.3 Å². The molecule has 0 aliphatic carbocycles. The second-order valence-corrected chi connectivity index (χ2v) is 4.34. The highest BCUT2D eigenvalue weighted by Gasteiger charge is 2.00. The fourth-order valence-electron chi connectivity index (χ4n) is 1.52. The highest BCUT2D eigenvalue weighted by molar-refractivity contribution is 7.71. The quantitative estimate of drug-likeness (QED) is 0.338. The van der Waals surface area contributed by atoms with Crippen LogP contribution in [-0.2, 0) is 0 Å². The van der Waals surface area contributed by atoms with Gasteiger partial charge in [0.15, 0.2) is 21.1 Å². The van der Waals surface area contributed by atoms with Crippen LogP contribution >= 0.6 is 23.8 Å². The Morgan fingerprint density at radius 2 is 1.60 bits per heavy atom. The fraction of sp³-hybridized carbons (Fsp3) is 0. The number of aromatic amines is 3. The number of H-pyrrole nitrogens is 3. The van der Waals surface area contributed by atoms with Gasteiger partial charge < -0.3 is 15.0 Å². The van der Waals surface area contributed by atoms with E-state index in [9.17, 15) is 0 Å². The van der Waals surface area contributed by atoms with Crippen LogP contribution in [-0.4, -0.2) is 39.9 Å². The van der Waals surface area contributed by atoms with Crippen molar-refractivity contribution in [2.45, 2.75) is 0 Å². The lowest BCUT2D eigenvalue weighted by Crippen LogP contribution is -1.80. The molecule has 0 aliphatic rings. The minimum absolute atomic E-state index is 0.405. The Hall–Kier alpha value is -2.39. The molecule has 8 nitrogen and oxygen atoms in total. The van der Waals surface area contributed by atoms with E-state index < -0.39 is 0 Å². The van der Waals surface area contributed by atoms with Crippen LogP contribution in [0.4, 0.5) is 0 Å². The predicted molar refractivity (Wildman–Crippen MR) is 75.8 cm³/mol. The number of rotatable bonds is 0. The van der Waals surface area contributed by atoms with Crippen molar-refractivity contribution < 1.29 is 0 Å². The largest absolute Gasteiger partial charge is 0.341 e. The molecule has 0 radical (unpaired) electrons. The highest BCUT2D eigenvalue weighted by Crippen LogP contribution is 2.13. The molecule has 4 heterocycles. The van der Waals surface area contributed by atoms with E-state index in [1.807, 2.05) is 0 Å². The van der Waals surface area contributed by atoms with Crippen molar-refractivity contribution in [1.29, 1.82) is 0 Å². The van der Waals surface area contributed by atoms with Crippen LogP contribution < -0.4 is 0 Å². The lowest BCUT2D eigenvalue weighted by molar-refractivity contribution is 1.18. The molecule has 20 heavy (non-hydrogen) atoms. The molecule has 4 rings (SSSR count). The van der Waals surface area contributed by atoms with Gasteiger partial charge in [0.05, 0.1) is 19.0 Å². The second kappa shape index (κ2) is 5.31. The third kappa shape index (κ3) is 2.36. The number of nitrogens with zero attached hydrogens (tertiary/aromatic N) is 5. The van der Waals surface area contributed by atoms with E-state index in [1.165, 1.54) is 19.0 Å². The lowest BCUT2D eigenvalue weighted by Gasteiger charge is -1.86. The molecule has 0 amide bonds. The van der Waals surface area contributed by atoms with Gasteiger partial charge in [0.25, 0.3) is 0 Å². The standard InChI is InChI=1S/C5H3ClN4.C5H4N4S/c6-4-3-5(9-1-7-3)10-2-8-4;10-5-3-4(7-1-6-3)8-2-9-5/h1-2H,(H,7,8,9,10);1-2H,(H2,6,7,8,9,10). The molecule has 0 saturated carbocycles. The Bertz CT molecular complexity index is 910. The van der Waals surface area contributed by atoms with Gasteiger partial charge in [0, 0.05) is 0 Å². The number of fused-ring (bicyclic) bond motifs is 2. The van der Waals surface area contributed by atoms with E-state index in [1.54, 1.807) is 6.33 Å². The Morgan fingerprint density at radius 3 is 2.40 bits per heavy atom. The summed E-state index contributed by atoms with van der Waals surface area (Å²) < 4.78 is 0.547. The number of nitrogens with one attached hydrogen (secondary N) is 3. The van der Waals surface area contributed by atoms with Crippen LogP contribution in [0.1, 0.15) is 0 Å². The first kappa shape index (κ1) is 12.6. The van der Waals surface area contributed by atoms with Crippen molar-refractivity contribution in [3.63, 3.8) is 0 Å². The molecule has 3 N–H and O–H groups in total. The molecule has 0 aromatic carbocycles. The smallest absolute Gasteiger partial charge is 0.182 e. The van der Waals surface area contributed by atoms with E-state index in [0.717, 1.165) is 11.2 Å². The monoisotopic (exact) mass is 306 g/mol. The average molecular weight is 307 g/mol. The van der Waals surface area contributed by atoms with E-state index in [-0.39, 0.29) is 0 Å². The SMILES string of the molecule is Clc1ncnc2nc[nH]c12.S=c1nc[nH]c2nc[nH]c12. The molecule has 4 aromatic rings. The zero-order valence-corrected chi connectivity index (χ0v) is 11.4. The molecular formula is C10H7ClN8S. The third-order valence-corrected chi connectivity index (χ3v) is 3.01. The molecule has 0 saturated heterocycles. The first-order chi connectivity index (χ1) is 9.75. The molecule has 10 heteroatoms. The van der Waals surface area contributed by atoms with Gasteiger partial charge in [-0.25, -0.2) is 24.9 Å². The third-order valence-electron chi connectivity index (χ3n) is 2.41. The van der Waals surface area contributed by atoms with Gasteiger partial charge in [-0.2, -0.15) is 0 Å². The van der Waals surface area contributed by atoms with Crippen molar-refractivity contribution in [2.75, 3.05) is 0 Å². The maximum Gasteiger partial charge on any atom is 0.182 e. The van der Waals surface area contributed by atoms with Gasteiger partial charge in [-0.05, 0) is 0 Å². The fourth-order valence-corrected chi connectivity index (χ4v) is 1.91. The Morgan fingerprint density at radius 1 is 0.850 bits per heavy atom. The van der Waals surface area contributed by atoms with E-state index in [0.29, 0.717) is 21.0 Å². The summed E-state index contributed by atoms with van der Waals surface area (Å²) in [6.07, 6.45) is 6.03. The minimum Gasteiger partial charge on any atom is -0.341 e. The number of aromatic nitrogens is 8. The van der Waals surface area contributed by atoms with Crippen molar-refractivity contribution in [2.24, 2.45) is 0 Å². The molecule has 0 fully saturated rings. The van der Waals surface area contributed by atoms with Gasteiger partial charge >= 0.3 is 0 Å². The van der Waals surface area contributed by atoms with Gasteiger partial charge in [-0.15, -0.1) is 0 Å². The molecule has 0 bridgehead atoms. The maximum absolute atomic E-state index is 5.68. The van der Waals surface area contributed by atoms with Crippen molar-refractivity contribution in [3.05, 3.63) is 35.1 Å². The van der Waals surface area contributed by atoms with Gasteiger partial charge in [-0.1, -0.05) is 23.8 Å². The normalized spacial score (nSPS) is 10.4. The van der Waals surface area contributed by atoms with Crippen LogP contribution in [0.15, 0.2) is 25.3 Å². The minimum atomic E-state index is 0.405. The molecule has 4 aromatic heterocycles. The zero-order valence-electron chi connectivity index (χ0n) is 9.83. The first-order valence-corrected chi connectivity index (χ1v) is 6.20. The number of hydrogen-bond acceptors (Lipinski definition) is 6. The van der Waals surface area contributed by atoms with Crippen molar-refractivity contribution >= 4 is 46.1 Å². The highest BCUT2D eigenvalue weighted by atomic mass is 35.5. The summed E-state index contributed by atoms with van der Waals surface area (Å²) in [5, 5.41) is 0.405. The summed E-state index contributed by atoms with van der Waals surface area (Å²) in [5.41, 5.74) is 2.82. The van der Waals surface area contributed by atoms with Crippen LogP contribution in [0.5, 0.6) is 0 Å². The van der Waals surface area contributed by atoms with Crippen LogP contribution in [0.3, 0.4) is 0 Å². The second-order valence-electron chi connectivity index (χ2n) is 3.60. The van der Waals surface area contributed by atoms with Gasteiger partial charge in [-0.3, -0.25) is 0 Å². The molecule has 0 atom stereocenters. The van der Waals surface area contributed by atoms with Crippen molar-refractivity contribution in [3.8, 4) is 0 Å². The summed E-state index contributed by atoms with van der Waals surface area (Å²) in [7, 11) is 0. The Balaban J connectivity index is 0.000000121. The molecule has 0 unspecified atom stereocenters. The summed E-state index contributed by atoms with van der Waals surface area (Å²) >= 11 is 10.6. The Kier molecular flexibility index (Phi) is 3.35. The summed E-state index contributed by atoms with van der Waals surface area (Å²) in [4.78, 5) is 27.9. The zero-order chi connectivity index (χ0) is 13.9. The Labute approximate surface area is 121 Å². The summed E-state index contributed by atoms with van der Waals surface area (Å²) in [6, 6.07) is 0. The van der Waals surface area contributed by atoms with E-state index >= 15 is 0 Å². The van der Waals surface area contributed by atoms with Crippen LogP contribution in [0, 0.1) is 4.64 Å². The summed E-state index contributed by atoms with van der Waals surface area (Å²) in [6.45, 7) is 0. The topological polar surface area (TPSA) is 112 Å². The first-order valence-electron chi connectivity index (χ1n) is 5.42. The van der Waals surface area contributed by atoms with Gasteiger partial charge in [0.1, 0.15) is 17.4 Å². The van der Waals surface area contributed by atoms with E-state index in [4.69, 9.17) is 23.8 Å². The molecule has 0 spiro atoms. The van der Waals surface area contributed by atoms with Crippen LogP contribution in [0.2, 0.25) is 5.15 Å². The predicted octanol–water partition coefficient (Wildman–Crippen LogP) is 2.02. The number of halogens is 1. The van der Waals surface area contributed by atoms with E-state index in [2.05, 4.69) is 39.9 Å².